The topological polar surface area (TPSA) is 102 Å². The lowest BCUT2D eigenvalue weighted by Crippen LogP contribution is -2.22. The monoisotopic (exact) mass is 396 g/mol. The van der Waals surface area contributed by atoms with Crippen molar-refractivity contribution in [2.24, 2.45) is 0 Å². The van der Waals surface area contributed by atoms with Gasteiger partial charge in [-0.1, -0.05) is 29.8 Å². The van der Waals surface area contributed by atoms with Gasteiger partial charge in [0.05, 0.1) is 17.5 Å². The van der Waals surface area contributed by atoms with Crippen LogP contribution in [0.3, 0.4) is 0 Å². The van der Waals surface area contributed by atoms with Crippen molar-refractivity contribution < 1.29 is 22.7 Å². The molecule has 2 aromatic rings. The zero-order valence-electron chi connectivity index (χ0n) is 14.1. The van der Waals surface area contributed by atoms with Gasteiger partial charge in [0.15, 0.2) is 6.61 Å². The number of ether oxygens (including phenoxy) is 1. The fraction of sp³-hybridized carbons (Fsp3) is 0.176. The Morgan fingerprint density at radius 3 is 2.50 bits per heavy atom. The molecule has 2 N–H and O–H groups in total. The number of aryl methyl sites for hydroxylation is 1. The zero-order valence-corrected chi connectivity index (χ0v) is 15.6. The lowest BCUT2D eigenvalue weighted by molar-refractivity contribution is -0.119. The quantitative estimate of drug-likeness (QED) is 0.731. The van der Waals surface area contributed by atoms with Crippen molar-refractivity contribution in [3.05, 3.63) is 58.6 Å². The fourth-order valence-corrected chi connectivity index (χ4v) is 2.82. The van der Waals surface area contributed by atoms with Gasteiger partial charge in [0.2, 0.25) is 10.0 Å². The lowest BCUT2D eigenvalue weighted by Gasteiger charge is -2.11. The molecule has 0 aliphatic heterocycles. The van der Waals surface area contributed by atoms with Crippen LogP contribution in [-0.4, -0.2) is 33.2 Å². The second-order valence-corrected chi connectivity index (χ2v) is 7.69. The van der Waals surface area contributed by atoms with Crippen LogP contribution in [0.2, 0.25) is 5.02 Å². The van der Waals surface area contributed by atoms with Gasteiger partial charge >= 0.3 is 5.97 Å². The molecular formula is C17H17ClN2O5S. The molecule has 0 radical (unpaired) electrons. The number of hydrogen-bond acceptors (Lipinski definition) is 5. The number of esters is 1. The molecular weight excluding hydrogens is 380 g/mol. The third kappa shape index (κ3) is 5.75. The van der Waals surface area contributed by atoms with Crippen LogP contribution < -0.4 is 10.0 Å². The van der Waals surface area contributed by atoms with Crippen molar-refractivity contribution in [2.75, 3.05) is 22.9 Å². The predicted molar refractivity (Wildman–Crippen MR) is 100 cm³/mol. The van der Waals surface area contributed by atoms with Crippen molar-refractivity contribution in [2.45, 2.75) is 6.92 Å². The highest BCUT2D eigenvalue weighted by Crippen LogP contribution is 2.20. The molecule has 7 nitrogen and oxygen atoms in total. The molecule has 0 saturated carbocycles. The van der Waals surface area contributed by atoms with Crippen molar-refractivity contribution in [1.29, 1.82) is 0 Å². The number of hydrogen-bond donors (Lipinski definition) is 2. The van der Waals surface area contributed by atoms with Crippen LogP contribution in [0.5, 0.6) is 0 Å². The second-order valence-electron chi connectivity index (χ2n) is 5.50. The summed E-state index contributed by atoms with van der Waals surface area (Å²) in [5, 5.41) is 3.06. The molecule has 0 heterocycles. The molecule has 1 amide bonds. The number of nitrogens with one attached hydrogen (secondary N) is 2. The van der Waals surface area contributed by atoms with E-state index >= 15 is 0 Å². The van der Waals surface area contributed by atoms with Crippen LogP contribution in [0.15, 0.2) is 42.5 Å². The molecule has 0 atom stereocenters. The van der Waals surface area contributed by atoms with Gasteiger partial charge in [-0.15, -0.1) is 0 Å². The number of sulfonamides is 1. The Bertz CT molecular complexity index is 944. The third-order valence-electron chi connectivity index (χ3n) is 3.25. The van der Waals surface area contributed by atoms with Gasteiger partial charge in [-0.2, -0.15) is 0 Å². The van der Waals surface area contributed by atoms with E-state index in [1.54, 1.807) is 37.3 Å². The van der Waals surface area contributed by atoms with Crippen LogP contribution in [0.1, 0.15) is 15.9 Å². The summed E-state index contributed by atoms with van der Waals surface area (Å²) in [5.74, 6) is -1.37. The molecule has 0 bridgehead atoms. The van der Waals surface area contributed by atoms with Gasteiger partial charge in [0.1, 0.15) is 0 Å². The van der Waals surface area contributed by atoms with Gasteiger partial charge in [0, 0.05) is 10.7 Å². The van der Waals surface area contributed by atoms with Crippen LogP contribution in [0.25, 0.3) is 0 Å². The first-order chi connectivity index (χ1) is 12.2. The van der Waals surface area contributed by atoms with Gasteiger partial charge in [-0.25, -0.2) is 13.2 Å². The fourth-order valence-electron chi connectivity index (χ4n) is 2.07. The Morgan fingerprint density at radius 2 is 1.81 bits per heavy atom. The summed E-state index contributed by atoms with van der Waals surface area (Å²) < 4.78 is 29.9. The Hall–Kier alpha value is -2.58. The van der Waals surface area contributed by atoms with Gasteiger partial charge in [-0.05, 0) is 36.8 Å². The summed E-state index contributed by atoms with van der Waals surface area (Å²) >= 11 is 5.89. The zero-order chi connectivity index (χ0) is 19.3. The number of anilines is 2. The minimum Gasteiger partial charge on any atom is -0.452 e. The summed E-state index contributed by atoms with van der Waals surface area (Å²) in [5.41, 5.74) is 1.39. The number of halogens is 1. The molecule has 0 spiro atoms. The van der Waals surface area contributed by atoms with Crippen molar-refractivity contribution in [1.82, 2.24) is 0 Å². The predicted octanol–water partition coefficient (Wildman–Crippen LogP) is 2.82. The summed E-state index contributed by atoms with van der Waals surface area (Å²) in [6.45, 7) is 1.27. The molecule has 2 rings (SSSR count). The van der Waals surface area contributed by atoms with E-state index in [1.807, 2.05) is 0 Å². The summed E-state index contributed by atoms with van der Waals surface area (Å²) in [6, 6.07) is 11.0. The molecule has 0 fully saturated rings. The van der Waals surface area contributed by atoms with E-state index in [0.29, 0.717) is 10.7 Å². The van der Waals surface area contributed by atoms with E-state index in [2.05, 4.69) is 10.0 Å². The van der Waals surface area contributed by atoms with Crippen LogP contribution in [0, 0.1) is 6.92 Å². The van der Waals surface area contributed by atoms with E-state index in [-0.39, 0.29) is 11.3 Å². The number of benzene rings is 2. The normalized spacial score (nSPS) is 10.9. The average molecular weight is 397 g/mol. The van der Waals surface area contributed by atoms with Crippen molar-refractivity contribution >= 4 is 44.9 Å². The van der Waals surface area contributed by atoms with E-state index in [0.717, 1.165) is 11.8 Å². The smallest absolute Gasteiger partial charge is 0.340 e. The molecule has 0 aliphatic carbocycles. The van der Waals surface area contributed by atoms with Crippen LogP contribution in [-0.2, 0) is 19.6 Å². The number of carbonyl (C=O) groups is 2. The first-order valence-corrected chi connectivity index (χ1v) is 9.72. The lowest BCUT2D eigenvalue weighted by atomic mass is 10.2. The van der Waals surface area contributed by atoms with Gasteiger partial charge in [-0.3, -0.25) is 9.52 Å². The van der Waals surface area contributed by atoms with Crippen molar-refractivity contribution in [3.63, 3.8) is 0 Å². The standard InChI is InChI=1S/C17H17ClN2O5S/c1-11-7-8-12(18)9-15(11)19-16(21)10-25-17(22)13-5-3-4-6-14(13)20-26(2,23)24/h3-9,20H,10H2,1-2H3,(H,19,21). The maximum atomic E-state index is 12.2. The number of amides is 1. The highest BCUT2D eigenvalue weighted by Gasteiger charge is 2.16. The number of carbonyl (C=O) groups excluding carboxylic acids is 2. The maximum Gasteiger partial charge on any atom is 0.340 e. The van der Waals surface area contributed by atoms with Crippen LogP contribution >= 0.6 is 11.6 Å². The maximum absolute atomic E-state index is 12.2. The van der Waals surface area contributed by atoms with E-state index < -0.39 is 28.5 Å². The number of para-hydroxylation sites is 1. The Kier molecular flexibility index (Phi) is 6.23. The molecule has 2 aromatic carbocycles. The summed E-state index contributed by atoms with van der Waals surface area (Å²) in [7, 11) is -3.56. The second kappa shape index (κ2) is 8.20. The first kappa shape index (κ1) is 19.7. The van der Waals surface area contributed by atoms with E-state index in [9.17, 15) is 18.0 Å². The Balaban J connectivity index is 2.03. The molecule has 0 unspecified atom stereocenters. The number of rotatable bonds is 6. The molecule has 0 aliphatic rings. The first-order valence-electron chi connectivity index (χ1n) is 7.45. The SMILES string of the molecule is Cc1ccc(Cl)cc1NC(=O)COC(=O)c1ccccc1NS(C)(=O)=O. The largest absolute Gasteiger partial charge is 0.452 e. The summed E-state index contributed by atoms with van der Waals surface area (Å²) in [6.07, 6.45) is 0.968. The highest BCUT2D eigenvalue weighted by molar-refractivity contribution is 7.92. The highest BCUT2D eigenvalue weighted by atomic mass is 35.5. The third-order valence-corrected chi connectivity index (χ3v) is 4.08. The minimum absolute atomic E-state index is 0.00432. The molecule has 0 saturated heterocycles. The van der Waals surface area contributed by atoms with Crippen LogP contribution in [0.4, 0.5) is 11.4 Å². The summed E-state index contributed by atoms with van der Waals surface area (Å²) in [4.78, 5) is 24.2. The Labute approximate surface area is 156 Å². The van der Waals surface area contributed by atoms with Gasteiger partial charge < -0.3 is 10.1 Å². The Morgan fingerprint density at radius 1 is 1.12 bits per heavy atom. The average Bonchev–Trinajstić information content (AvgIpc) is 2.55. The minimum atomic E-state index is -3.56. The molecule has 138 valence electrons. The van der Waals surface area contributed by atoms with E-state index in [1.165, 1.54) is 12.1 Å². The molecule has 9 heteroatoms. The molecule has 0 aromatic heterocycles. The van der Waals surface area contributed by atoms with Crippen molar-refractivity contribution in [3.8, 4) is 0 Å². The van der Waals surface area contributed by atoms with E-state index in [4.69, 9.17) is 16.3 Å². The van der Waals surface area contributed by atoms with Gasteiger partial charge in [0.25, 0.3) is 5.91 Å². The molecule has 26 heavy (non-hydrogen) atoms.